The van der Waals surface area contributed by atoms with E-state index in [9.17, 15) is 4.79 Å². The van der Waals surface area contributed by atoms with Crippen LogP contribution in [-0.4, -0.2) is 25.5 Å². The summed E-state index contributed by atoms with van der Waals surface area (Å²) in [6.07, 6.45) is 2.07. The van der Waals surface area contributed by atoms with Crippen LogP contribution < -0.4 is 10.2 Å². The van der Waals surface area contributed by atoms with Crippen molar-refractivity contribution in [2.45, 2.75) is 39.7 Å². The molecule has 104 valence electrons. The average molecular weight is 260 g/mol. The molecule has 1 aliphatic heterocycles. The van der Waals surface area contributed by atoms with Gasteiger partial charge < -0.3 is 10.2 Å². The highest BCUT2D eigenvalue weighted by Gasteiger charge is 2.27. The van der Waals surface area contributed by atoms with Crippen molar-refractivity contribution in [2.75, 3.05) is 18.5 Å². The summed E-state index contributed by atoms with van der Waals surface area (Å²) in [5, 5.41) is 3.40. The minimum absolute atomic E-state index is 0.113. The lowest BCUT2D eigenvalue weighted by molar-refractivity contribution is -0.122. The summed E-state index contributed by atoms with van der Waals surface area (Å²) < 4.78 is 0. The number of benzene rings is 1. The zero-order valence-corrected chi connectivity index (χ0v) is 12.4. The fourth-order valence-electron chi connectivity index (χ4n) is 2.78. The van der Waals surface area contributed by atoms with Crippen LogP contribution in [0.4, 0.5) is 5.69 Å². The fraction of sp³-hybridized carbons (Fsp3) is 0.562. The Morgan fingerprint density at radius 2 is 2.05 bits per heavy atom. The molecule has 0 aromatic heterocycles. The molecule has 1 amide bonds. The highest BCUT2D eigenvalue weighted by atomic mass is 16.2. The van der Waals surface area contributed by atoms with E-state index < -0.39 is 0 Å². The number of carbonyl (C=O) groups is 1. The van der Waals surface area contributed by atoms with Gasteiger partial charge in [0, 0.05) is 25.3 Å². The lowest BCUT2D eigenvalue weighted by Gasteiger charge is -2.30. The summed E-state index contributed by atoms with van der Waals surface area (Å²) in [5.74, 6) is 0.341. The molecule has 2 unspecified atom stereocenters. The summed E-state index contributed by atoms with van der Waals surface area (Å²) in [5.41, 5.74) is 3.41. The van der Waals surface area contributed by atoms with Gasteiger partial charge in [0.2, 0.25) is 5.91 Å². The standard InChI is InChI=1S/C16H24N2O/c1-11-5-8-15(12(2)9-11)18(4)16(19)14-7-6-13(3)17-10-14/h5,8-9,13-14,17H,6-7,10H2,1-4H3. The second kappa shape index (κ2) is 5.74. The van der Waals surface area contributed by atoms with Crippen molar-refractivity contribution < 1.29 is 4.79 Å². The van der Waals surface area contributed by atoms with E-state index in [1.54, 1.807) is 0 Å². The Balaban J connectivity index is 2.10. The molecule has 3 heteroatoms. The summed E-state index contributed by atoms with van der Waals surface area (Å²) in [7, 11) is 1.89. The van der Waals surface area contributed by atoms with Crippen LogP contribution >= 0.6 is 0 Å². The van der Waals surface area contributed by atoms with E-state index in [-0.39, 0.29) is 11.8 Å². The lowest BCUT2D eigenvalue weighted by atomic mass is 9.94. The second-order valence-electron chi connectivity index (χ2n) is 5.77. The maximum atomic E-state index is 12.5. The maximum absolute atomic E-state index is 12.5. The van der Waals surface area contributed by atoms with E-state index in [0.717, 1.165) is 30.6 Å². The predicted molar refractivity (Wildman–Crippen MR) is 79.5 cm³/mol. The Bertz CT molecular complexity index is 462. The van der Waals surface area contributed by atoms with Crippen molar-refractivity contribution >= 4 is 11.6 Å². The van der Waals surface area contributed by atoms with Crippen molar-refractivity contribution in [3.05, 3.63) is 29.3 Å². The Morgan fingerprint density at radius 3 is 2.63 bits per heavy atom. The van der Waals surface area contributed by atoms with Gasteiger partial charge in [-0.1, -0.05) is 17.7 Å². The van der Waals surface area contributed by atoms with Gasteiger partial charge in [0.1, 0.15) is 0 Å². The number of aryl methyl sites for hydroxylation is 2. The van der Waals surface area contributed by atoms with E-state index in [1.807, 2.05) is 18.0 Å². The molecule has 0 bridgehead atoms. The molecule has 1 aliphatic rings. The van der Waals surface area contributed by atoms with Gasteiger partial charge in [0.15, 0.2) is 0 Å². The summed E-state index contributed by atoms with van der Waals surface area (Å²) in [6.45, 7) is 7.11. The van der Waals surface area contributed by atoms with Gasteiger partial charge in [-0.15, -0.1) is 0 Å². The minimum Gasteiger partial charge on any atom is -0.315 e. The number of anilines is 1. The first kappa shape index (κ1) is 14.1. The van der Waals surface area contributed by atoms with Gasteiger partial charge in [-0.3, -0.25) is 4.79 Å². The summed E-state index contributed by atoms with van der Waals surface area (Å²) in [6, 6.07) is 6.77. The highest BCUT2D eigenvalue weighted by molar-refractivity contribution is 5.95. The maximum Gasteiger partial charge on any atom is 0.231 e. The van der Waals surface area contributed by atoms with Gasteiger partial charge in [0.05, 0.1) is 5.92 Å². The molecule has 19 heavy (non-hydrogen) atoms. The van der Waals surface area contributed by atoms with Gasteiger partial charge in [0.25, 0.3) is 0 Å². The van der Waals surface area contributed by atoms with Gasteiger partial charge in [-0.25, -0.2) is 0 Å². The molecule has 0 radical (unpaired) electrons. The normalized spacial score (nSPS) is 23.2. The number of amides is 1. The van der Waals surface area contributed by atoms with Crippen molar-refractivity contribution in [3.63, 3.8) is 0 Å². The largest absolute Gasteiger partial charge is 0.315 e. The fourth-order valence-corrected chi connectivity index (χ4v) is 2.78. The van der Waals surface area contributed by atoms with E-state index in [2.05, 4.69) is 38.2 Å². The van der Waals surface area contributed by atoms with Crippen LogP contribution in [0.2, 0.25) is 0 Å². The molecule has 2 rings (SSSR count). The first-order valence-corrected chi connectivity index (χ1v) is 7.07. The lowest BCUT2D eigenvalue weighted by Crippen LogP contribution is -2.44. The number of carbonyl (C=O) groups excluding carboxylic acids is 1. The average Bonchev–Trinajstić information content (AvgIpc) is 2.38. The predicted octanol–water partition coefficient (Wildman–Crippen LogP) is 2.65. The van der Waals surface area contributed by atoms with Gasteiger partial charge in [-0.2, -0.15) is 0 Å². The molecule has 3 nitrogen and oxygen atoms in total. The Morgan fingerprint density at radius 1 is 1.32 bits per heavy atom. The Kier molecular flexibility index (Phi) is 4.25. The van der Waals surface area contributed by atoms with E-state index in [0.29, 0.717) is 6.04 Å². The molecule has 1 N–H and O–H groups in total. The molecule has 1 aromatic carbocycles. The van der Waals surface area contributed by atoms with Crippen LogP contribution in [0.15, 0.2) is 18.2 Å². The SMILES string of the molecule is Cc1ccc(N(C)C(=O)C2CCC(C)NC2)c(C)c1. The number of piperidine rings is 1. The zero-order valence-electron chi connectivity index (χ0n) is 12.4. The van der Waals surface area contributed by atoms with Gasteiger partial charge >= 0.3 is 0 Å². The third-order valence-electron chi connectivity index (χ3n) is 4.05. The minimum atomic E-state index is 0.113. The van der Waals surface area contributed by atoms with E-state index >= 15 is 0 Å². The van der Waals surface area contributed by atoms with Crippen LogP contribution in [0.5, 0.6) is 0 Å². The van der Waals surface area contributed by atoms with Crippen molar-refractivity contribution in [2.24, 2.45) is 5.92 Å². The number of nitrogens with one attached hydrogen (secondary N) is 1. The number of nitrogens with zero attached hydrogens (tertiary/aromatic N) is 1. The number of hydrogen-bond donors (Lipinski definition) is 1. The summed E-state index contributed by atoms with van der Waals surface area (Å²) in [4.78, 5) is 14.3. The van der Waals surface area contributed by atoms with Crippen molar-refractivity contribution in [1.29, 1.82) is 0 Å². The van der Waals surface area contributed by atoms with E-state index in [4.69, 9.17) is 0 Å². The molecule has 1 saturated heterocycles. The quantitative estimate of drug-likeness (QED) is 0.886. The topological polar surface area (TPSA) is 32.3 Å². The molecular weight excluding hydrogens is 236 g/mol. The monoisotopic (exact) mass is 260 g/mol. The van der Waals surface area contributed by atoms with Crippen LogP contribution in [0, 0.1) is 19.8 Å². The van der Waals surface area contributed by atoms with Crippen molar-refractivity contribution in [1.82, 2.24) is 5.32 Å². The first-order valence-electron chi connectivity index (χ1n) is 7.07. The summed E-state index contributed by atoms with van der Waals surface area (Å²) >= 11 is 0. The number of rotatable bonds is 2. The number of hydrogen-bond acceptors (Lipinski definition) is 2. The smallest absolute Gasteiger partial charge is 0.231 e. The second-order valence-corrected chi connectivity index (χ2v) is 5.77. The van der Waals surface area contributed by atoms with E-state index in [1.165, 1.54) is 5.56 Å². The third kappa shape index (κ3) is 3.16. The zero-order chi connectivity index (χ0) is 14.0. The first-order chi connectivity index (χ1) is 8.99. The molecule has 0 aliphatic carbocycles. The Labute approximate surface area is 116 Å². The van der Waals surface area contributed by atoms with Crippen LogP contribution in [0.1, 0.15) is 30.9 Å². The third-order valence-corrected chi connectivity index (χ3v) is 4.05. The van der Waals surface area contributed by atoms with Crippen molar-refractivity contribution in [3.8, 4) is 0 Å². The molecule has 1 heterocycles. The molecular formula is C16H24N2O. The van der Waals surface area contributed by atoms with Crippen LogP contribution in [0.25, 0.3) is 0 Å². The molecule has 0 saturated carbocycles. The van der Waals surface area contributed by atoms with Crippen LogP contribution in [0.3, 0.4) is 0 Å². The van der Waals surface area contributed by atoms with Crippen LogP contribution in [-0.2, 0) is 4.79 Å². The molecule has 0 spiro atoms. The molecule has 2 atom stereocenters. The molecule has 1 fully saturated rings. The highest BCUT2D eigenvalue weighted by Crippen LogP contribution is 2.24. The molecule has 1 aromatic rings. The van der Waals surface area contributed by atoms with Gasteiger partial charge in [-0.05, 0) is 45.2 Å². The Hall–Kier alpha value is -1.35.